The highest BCUT2D eigenvalue weighted by Crippen LogP contribution is 2.27. The lowest BCUT2D eigenvalue weighted by Crippen LogP contribution is -2.50. The Morgan fingerprint density at radius 3 is 3.14 bits per heavy atom. The van der Waals surface area contributed by atoms with Crippen LogP contribution in [-0.4, -0.2) is 67.3 Å². The molecule has 29 heavy (non-hydrogen) atoms. The van der Waals surface area contributed by atoms with Gasteiger partial charge >= 0.3 is 0 Å². The molecule has 150 valence electrons. The van der Waals surface area contributed by atoms with Crippen molar-refractivity contribution in [2.24, 2.45) is 0 Å². The van der Waals surface area contributed by atoms with Gasteiger partial charge in [0.25, 0.3) is 0 Å². The van der Waals surface area contributed by atoms with Crippen LogP contribution >= 0.6 is 0 Å². The molecule has 0 bridgehead atoms. The number of anilines is 1. The molecule has 9 nitrogen and oxygen atoms in total. The first-order chi connectivity index (χ1) is 14.2. The maximum Gasteiger partial charge on any atom is 0.174 e. The van der Waals surface area contributed by atoms with Crippen molar-refractivity contribution in [1.29, 1.82) is 0 Å². The van der Waals surface area contributed by atoms with Crippen molar-refractivity contribution in [2.45, 2.75) is 38.3 Å². The molecule has 0 saturated carbocycles. The van der Waals surface area contributed by atoms with Crippen molar-refractivity contribution in [3.63, 3.8) is 0 Å². The van der Waals surface area contributed by atoms with E-state index in [1.165, 1.54) is 0 Å². The van der Waals surface area contributed by atoms with Crippen LogP contribution in [0, 0.1) is 0 Å². The molecule has 1 fully saturated rings. The van der Waals surface area contributed by atoms with Crippen LogP contribution in [0.1, 0.15) is 26.2 Å². The van der Waals surface area contributed by atoms with E-state index in [1.54, 1.807) is 25.5 Å². The first kappa shape index (κ1) is 19.1. The minimum Gasteiger partial charge on any atom is -0.365 e. The number of pyridine rings is 1. The number of hydrogen-bond acceptors (Lipinski definition) is 8. The lowest BCUT2D eigenvalue weighted by atomic mass is 10.0. The molecular formula is C20H23N7O2. The maximum absolute atomic E-state index is 12.1. The molecule has 2 N–H and O–H groups in total. The summed E-state index contributed by atoms with van der Waals surface area (Å²) >= 11 is 0. The number of carbonyl (C=O) groups is 2. The number of likely N-dealkylation sites (tertiary alicyclic amines) is 1. The van der Waals surface area contributed by atoms with Gasteiger partial charge in [-0.15, -0.1) is 0 Å². The number of ketones is 1. The molecule has 1 aliphatic heterocycles. The van der Waals surface area contributed by atoms with Crippen molar-refractivity contribution in [2.75, 3.05) is 18.4 Å². The number of hydrogen-bond donors (Lipinski definition) is 2. The van der Waals surface area contributed by atoms with Crippen LogP contribution in [0.15, 0.2) is 30.7 Å². The van der Waals surface area contributed by atoms with E-state index in [9.17, 15) is 9.59 Å². The SMILES string of the molecule is CCC(=O)C(C=O)N1CCCC(Nc2ncccc2-c2cnc3[nH]ncc3n2)C1. The Morgan fingerprint density at radius 2 is 2.31 bits per heavy atom. The third-order valence-electron chi connectivity index (χ3n) is 5.23. The molecule has 0 aliphatic carbocycles. The molecule has 0 amide bonds. The van der Waals surface area contributed by atoms with E-state index in [-0.39, 0.29) is 11.8 Å². The van der Waals surface area contributed by atoms with Gasteiger partial charge in [0, 0.05) is 30.8 Å². The second-order valence-corrected chi connectivity index (χ2v) is 7.14. The highest BCUT2D eigenvalue weighted by atomic mass is 16.1. The third-order valence-corrected chi connectivity index (χ3v) is 5.23. The van der Waals surface area contributed by atoms with Gasteiger partial charge in [-0.1, -0.05) is 6.92 Å². The van der Waals surface area contributed by atoms with Gasteiger partial charge in [0.05, 0.1) is 18.1 Å². The minimum atomic E-state index is -0.665. The highest BCUT2D eigenvalue weighted by Gasteiger charge is 2.29. The zero-order chi connectivity index (χ0) is 20.2. The van der Waals surface area contributed by atoms with Gasteiger partial charge in [-0.05, 0) is 31.5 Å². The van der Waals surface area contributed by atoms with Gasteiger partial charge in [-0.25, -0.2) is 15.0 Å². The van der Waals surface area contributed by atoms with Crippen LogP contribution < -0.4 is 5.32 Å². The number of nitrogens with one attached hydrogen (secondary N) is 2. The predicted molar refractivity (Wildman–Crippen MR) is 108 cm³/mol. The number of fused-ring (bicyclic) bond motifs is 1. The second kappa shape index (κ2) is 8.44. The summed E-state index contributed by atoms with van der Waals surface area (Å²) in [5.74, 6) is 0.670. The number of Topliss-reactive ketones (excluding diaryl/α,β-unsaturated/α-hetero) is 1. The van der Waals surface area contributed by atoms with Crippen molar-refractivity contribution in [3.05, 3.63) is 30.7 Å². The average molecular weight is 393 g/mol. The Bertz CT molecular complexity index is 1020. The van der Waals surface area contributed by atoms with Crippen LogP contribution in [0.3, 0.4) is 0 Å². The van der Waals surface area contributed by atoms with Crippen molar-refractivity contribution in [1.82, 2.24) is 30.0 Å². The zero-order valence-electron chi connectivity index (χ0n) is 16.2. The summed E-state index contributed by atoms with van der Waals surface area (Å²) in [5.41, 5.74) is 2.87. The number of aldehydes is 1. The average Bonchev–Trinajstić information content (AvgIpc) is 3.23. The van der Waals surface area contributed by atoms with E-state index in [1.807, 2.05) is 17.0 Å². The van der Waals surface area contributed by atoms with Crippen LogP contribution in [0.5, 0.6) is 0 Å². The molecule has 3 aromatic heterocycles. The maximum atomic E-state index is 12.1. The van der Waals surface area contributed by atoms with E-state index >= 15 is 0 Å². The quantitative estimate of drug-likeness (QED) is 0.461. The molecule has 0 aromatic carbocycles. The molecule has 0 spiro atoms. The Hall–Kier alpha value is -3.20. The standard InChI is InChI=1S/C20H23N7O2/c1-2-18(29)17(12-28)27-8-4-5-13(11-27)24-19-14(6-3-7-21-19)15-9-22-20-16(25-15)10-23-26-20/h3,6-7,9-10,12-13,17H,2,4-5,8,11H2,1H3,(H,21,24)(H,22,23,26). The fourth-order valence-electron chi connectivity index (χ4n) is 3.74. The fourth-order valence-corrected chi connectivity index (χ4v) is 3.74. The predicted octanol–water partition coefficient (Wildman–Crippen LogP) is 1.84. The van der Waals surface area contributed by atoms with Crippen molar-refractivity contribution >= 4 is 29.1 Å². The zero-order valence-corrected chi connectivity index (χ0v) is 16.2. The van der Waals surface area contributed by atoms with Crippen LogP contribution in [0.25, 0.3) is 22.4 Å². The Labute approximate surface area is 168 Å². The van der Waals surface area contributed by atoms with E-state index in [0.29, 0.717) is 35.6 Å². The van der Waals surface area contributed by atoms with Gasteiger partial charge in [-0.2, -0.15) is 5.10 Å². The molecule has 9 heteroatoms. The Morgan fingerprint density at radius 1 is 1.41 bits per heavy atom. The smallest absolute Gasteiger partial charge is 0.174 e. The summed E-state index contributed by atoms with van der Waals surface area (Å²) < 4.78 is 0. The molecule has 4 rings (SSSR count). The summed E-state index contributed by atoms with van der Waals surface area (Å²) in [5, 5.41) is 10.2. The third kappa shape index (κ3) is 4.00. The minimum absolute atomic E-state index is 0.0390. The number of aromatic nitrogens is 5. The van der Waals surface area contributed by atoms with Crippen molar-refractivity contribution in [3.8, 4) is 11.3 Å². The largest absolute Gasteiger partial charge is 0.365 e. The summed E-state index contributed by atoms with van der Waals surface area (Å²) in [7, 11) is 0. The molecule has 0 radical (unpaired) electrons. The van der Waals surface area contributed by atoms with Gasteiger partial charge in [0.2, 0.25) is 0 Å². The van der Waals surface area contributed by atoms with E-state index in [4.69, 9.17) is 0 Å². The molecule has 4 heterocycles. The van der Waals surface area contributed by atoms with E-state index < -0.39 is 6.04 Å². The van der Waals surface area contributed by atoms with Gasteiger partial charge in [0.1, 0.15) is 23.7 Å². The molecule has 2 atom stereocenters. The molecule has 2 unspecified atom stereocenters. The monoisotopic (exact) mass is 393 g/mol. The Balaban J connectivity index is 1.55. The molecular weight excluding hydrogens is 370 g/mol. The highest BCUT2D eigenvalue weighted by molar-refractivity contribution is 5.97. The molecule has 1 aliphatic rings. The molecule has 3 aromatic rings. The summed E-state index contributed by atoms with van der Waals surface area (Å²) in [6.07, 6.45) is 8.02. The summed E-state index contributed by atoms with van der Waals surface area (Å²) in [6, 6.07) is 3.22. The summed E-state index contributed by atoms with van der Waals surface area (Å²) in [6.45, 7) is 3.14. The van der Waals surface area contributed by atoms with E-state index in [0.717, 1.165) is 31.2 Å². The van der Waals surface area contributed by atoms with E-state index in [2.05, 4.69) is 30.5 Å². The summed E-state index contributed by atoms with van der Waals surface area (Å²) in [4.78, 5) is 39.0. The van der Waals surface area contributed by atoms with Gasteiger partial charge in [0.15, 0.2) is 11.4 Å². The first-order valence-electron chi connectivity index (χ1n) is 9.79. The van der Waals surface area contributed by atoms with Gasteiger partial charge < -0.3 is 10.1 Å². The fraction of sp³-hybridized carbons (Fsp3) is 0.400. The second-order valence-electron chi connectivity index (χ2n) is 7.14. The Kier molecular flexibility index (Phi) is 5.57. The number of piperidine rings is 1. The molecule has 1 saturated heterocycles. The van der Waals surface area contributed by atoms with Crippen LogP contribution in [-0.2, 0) is 9.59 Å². The number of rotatable bonds is 7. The number of H-pyrrole nitrogens is 1. The topological polar surface area (TPSA) is 117 Å². The normalized spacial score (nSPS) is 18.4. The lowest BCUT2D eigenvalue weighted by Gasteiger charge is -2.36. The van der Waals surface area contributed by atoms with Crippen molar-refractivity contribution < 1.29 is 9.59 Å². The van der Waals surface area contributed by atoms with Crippen LogP contribution in [0.4, 0.5) is 5.82 Å². The number of nitrogens with zero attached hydrogens (tertiary/aromatic N) is 5. The van der Waals surface area contributed by atoms with Crippen LogP contribution in [0.2, 0.25) is 0 Å². The number of carbonyl (C=O) groups excluding carboxylic acids is 2. The van der Waals surface area contributed by atoms with Gasteiger partial charge in [-0.3, -0.25) is 14.8 Å². The first-order valence-corrected chi connectivity index (χ1v) is 9.79. The lowest BCUT2D eigenvalue weighted by molar-refractivity contribution is -0.129. The number of aromatic amines is 1.